The maximum Gasteiger partial charge on any atom is 0.216 e. The van der Waals surface area contributed by atoms with Gasteiger partial charge in [0.25, 0.3) is 0 Å². The van der Waals surface area contributed by atoms with E-state index in [1.54, 1.807) is 12.1 Å². The van der Waals surface area contributed by atoms with Crippen LogP contribution in [0.1, 0.15) is 20.8 Å². The third kappa shape index (κ3) is 7.70. The minimum atomic E-state index is -1.00. The predicted octanol–water partition coefficient (Wildman–Crippen LogP) is 0.461. The lowest BCUT2D eigenvalue weighted by molar-refractivity contribution is -0.119. The number of benzene rings is 1. The molecule has 8 nitrogen and oxygen atoms in total. The Bertz CT molecular complexity index is 693. The van der Waals surface area contributed by atoms with Crippen LogP contribution in [0, 0.1) is 18.2 Å². The molecule has 0 unspecified atom stereocenters. The lowest BCUT2D eigenvalue weighted by Gasteiger charge is -2.27. The van der Waals surface area contributed by atoms with Gasteiger partial charge in [-0.15, -0.1) is 6.42 Å². The lowest BCUT2D eigenvalue weighted by Crippen LogP contribution is -2.46. The van der Waals surface area contributed by atoms with Gasteiger partial charge in [-0.3, -0.25) is 20.4 Å². The molecule has 0 radical (unpaired) electrons. The molecule has 5 N–H and O–H groups in total. The summed E-state index contributed by atoms with van der Waals surface area (Å²) in [7, 11) is 1.68. The number of hydrogen-bond acceptors (Lipinski definition) is 7. The highest BCUT2D eigenvalue weighted by atomic mass is 19.1. The highest BCUT2D eigenvalue weighted by Gasteiger charge is 2.17. The summed E-state index contributed by atoms with van der Waals surface area (Å²) in [6, 6.07) is 4.23. The Labute approximate surface area is 165 Å². The second kappa shape index (κ2) is 10.8. The first-order chi connectivity index (χ1) is 13.1. The van der Waals surface area contributed by atoms with Gasteiger partial charge in [0.1, 0.15) is 5.82 Å². The topological polar surface area (TPSA) is 100 Å². The van der Waals surface area contributed by atoms with Crippen LogP contribution in [0.2, 0.25) is 0 Å². The normalized spacial score (nSPS) is 12.2. The number of anilines is 2. The van der Waals surface area contributed by atoms with E-state index in [-0.39, 0.29) is 24.7 Å². The van der Waals surface area contributed by atoms with Crippen molar-refractivity contribution < 1.29 is 19.5 Å². The van der Waals surface area contributed by atoms with E-state index in [9.17, 15) is 19.5 Å². The Hall–Kier alpha value is -2.38. The van der Waals surface area contributed by atoms with Crippen LogP contribution in [0.4, 0.5) is 15.8 Å². The first kappa shape index (κ1) is 23.7. The van der Waals surface area contributed by atoms with Crippen LogP contribution in [-0.4, -0.2) is 61.1 Å². The number of carbonyl (C=O) groups is 1. The fourth-order valence-corrected chi connectivity index (χ4v) is 2.39. The van der Waals surface area contributed by atoms with Gasteiger partial charge in [-0.05, 0) is 26.0 Å². The van der Waals surface area contributed by atoms with E-state index < -0.39 is 17.5 Å². The van der Waals surface area contributed by atoms with Crippen LogP contribution in [-0.2, 0) is 4.79 Å². The standard InChI is InChI=1S/C19H30FN5O3/c1-6-19(3,4)23-9-10-24(21-5)18-8-7-15(11-17(18)20)25(28)13-16(27)12-22-14(2)26/h1,7-8,11,16,21,23,27-28H,9-10,12-13H2,2-5H3,(H,22,26)/t16-/m0/s1. The Morgan fingerprint density at radius 2 is 2.11 bits per heavy atom. The van der Waals surface area contributed by atoms with Gasteiger partial charge in [-0.1, -0.05) is 5.92 Å². The molecule has 0 aromatic heterocycles. The quantitative estimate of drug-likeness (QED) is 0.274. The highest BCUT2D eigenvalue weighted by molar-refractivity contribution is 5.72. The molecular weight excluding hydrogens is 365 g/mol. The third-order valence-electron chi connectivity index (χ3n) is 4.02. The van der Waals surface area contributed by atoms with Crippen molar-refractivity contribution in [2.45, 2.75) is 32.4 Å². The summed E-state index contributed by atoms with van der Waals surface area (Å²) in [5.74, 6) is 1.80. The van der Waals surface area contributed by atoms with Gasteiger partial charge in [0.2, 0.25) is 5.91 Å². The first-order valence-corrected chi connectivity index (χ1v) is 8.95. The molecular formula is C19H30FN5O3. The molecule has 9 heteroatoms. The molecule has 1 aromatic carbocycles. The fourth-order valence-electron chi connectivity index (χ4n) is 2.39. The Morgan fingerprint density at radius 3 is 2.64 bits per heavy atom. The molecule has 0 aliphatic carbocycles. The number of nitrogens with zero attached hydrogens (tertiary/aromatic N) is 2. The van der Waals surface area contributed by atoms with Gasteiger partial charge < -0.3 is 15.4 Å². The Morgan fingerprint density at radius 1 is 1.43 bits per heavy atom. The first-order valence-electron chi connectivity index (χ1n) is 8.95. The van der Waals surface area contributed by atoms with Crippen molar-refractivity contribution in [3.05, 3.63) is 24.0 Å². The smallest absolute Gasteiger partial charge is 0.216 e. The van der Waals surface area contributed by atoms with E-state index in [1.165, 1.54) is 25.1 Å². The number of hydrazine groups is 1. The molecule has 0 aliphatic rings. The molecule has 1 rings (SSSR count). The highest BCUT2D eigenvalue weighted by Crippen LogP contribution is 2.23. The van der Waals surface area contributed by atoms with Gasteiger partial charge in [-0.25, -0.2) is 9.82 Å². The van der Waals surface area contributed by atoms with Crippen LogP contribution in [0.3, 0.4) is 0 Å². The van der Waals surface area contributed by atoms with Crippen molar-refractivity contribution in [2.75, 3.05) is 43.3 Å². The van der Waals surface area contributed by atoms with E-state index in [0.29, 0.717) is 18.8 Å². The lowest BCUT2D eigenvalue weighted by atomic mass is 10.1. The van der Waals surface area contributed by atoms with Crippen LogP contribution < -0.4 is 26.1 Å². The SMILES string of the molecule is C#CC(C)(C)NCCN(NC)c1ccc(N(O)C[C@@H](O)CNC(C)=O)cc1F. The molecule has 0 spiro atoms. The van der Waals surface area contributed by atoms with Crippen molar-refractivity contribution in [2.24, 2.45) is 0 Å². The summed E-state index contributed by atoms with van der Waals surface area (Å²) >= 11 is 0. The van der Waals surface area contributed by atoms with Crippen molar-refractivity contribution in [1.82, 2.24) is 16.1 Å². The molecule has 28 heavy (non-hydrogen) atoms. The summed E-state index contributed by atoms with van der Waals surface area (Å²) in [4.78, 5) is 10.9. The zero-order valence-corrected chi connectivity index (χ0v) is 16.8. The molecule has 0 saturated heterocycles. The molecule has 1 aromatic rings. The van der Waals surface area contributed by atoms with Gasteiger partial charge in [-0.2, -0.15) is 0 Å². The fraction of sp³-hybridized carbons (Fsp3) is 0.526. The summed E-state index contributed by atoms with van der Waals surface area (Å²) < 4.78 is 14.6. The number of nitrogens with one attached hydrogen (secondary N) is 3. The van der Waals surface area contributed by atoms with E-state index in [2.05, 4.69) is 22.0 Å². The van der Waals surface area contributed by atoms with Crippen molar-refractivity contribution in [3.8, 4) is 12.3 Å². The average molecular weight is 395 g/mol. The zero-order valence-electron chi connectivity index (χ0n) is 16.8. The van der Waals surface area contributed by atoms with E-state index in [0.717, 1.165) is 5.06 Å². The number of hydrogen-bond donors (Lipinski definition) is 5. The number of rotatable bonds is 11. The van der Waals surface area contributed by atoms with Gasteiger partial charge in [0.05, 0.1) is 29.6 Å². The molecule has 156 valence electrons. The summed E-state index contributed by atoms with van der Waals surface area (Å²) in [5.41, 5.74) is 2.95. The molecule has 0 fully saturated rings. The number of hydroxylamine groups is 1. The minimum absolute atomic E-state index is 0.0124. The van der Waals surface area contributed by atoms with Crippen LogP contribution in [0.25, 0.3) is 0 Å². The second-order valence-electron chi connectivity index (χ2n) is 6.88. The largest absolute Gasteiger partial charge is 0.389 e. The summed E-state index contributed by atoms with van der Waals surface area (Å²) in [6.07, 6.45) is 4.43. The number of terminal acetylenes is 1. The maximum atomic E-state index is 14.6. The Kier molecular flexibility index (Phi) is 9.15. The molecule has 0 aliphatic heterocycles. The van der Waals surface area contributed by atoms with Gasteiger partial charge in [0.15, 0.2) is 0 Å². The summed E-state index contributed by atoms with van der Waals surface area (Å²) in [6.45, 7) is 5.87. The zero-order chi connectivity index (χ0) is 21.3. The Balaban J connectivity index is 2.73. The molecule has 1 amide bonds. The van der Waals surface area contributed by atoms with Crippen LogP contribution in [0.15, 0.2) is 18.2 Å². The molecule has 0 heterocycles. The third-order valence-corrected chi connectivity index (χ3v) is 4.02. The molecule has 0 bridgehead atoms. The molecule has 0 saturated carbocycles. The second-order valence-corrected chi connectivity index (χ2v) is 6.88. The minimum Gasteiger partial charge on any atom is -0.389 e. The number of amides is 1. The number of aliphatic hydroxyl groups excluding tert-OH is 1. The monoisotopic (exact) mass is 395 g/mol. The number of aliphatic hydroxyl groups is 1. The molecule has 1 atom stereocenters. The van der Waals surface area contributed by atoms with E-state index in [1.807, 2.05) is 13.8 Å². The number of halogens is 1. The van der Waals surface area contributed by atoms with Crippen molar-refractivity contribution in [1.29, 1.82) is 0 Å². The predicted molar refractivity (Wildman–Crippen MR) is 108 cm³/mol. The van der Waals surface area contributed by atoms with E-state index >= 15 is 0 Å². The average Bonchev–Trinajstić information content (AvgIpc) is 2.64. The van der Waals surface area contributed by atoms with Crippen molar-refractivity contribution in [3.63, 3.8) is 0 Å². The van der Waals surface area contributed by atoms with Gasteiger partial charge >= 0.3 is 0 Å². The van der Waals surface area contributed by atoms with E-state index in [4.69, 9.17) is 6.42 Å². The van der Waals surface area contributed by atoms with Gasteiger partial charge in [0, 0.05) is 39.7 Å². The maximum absolute atomic E-state index is 14.6. The summed E-state index contributed by atoms with van der Waals surface area (Å²) in [5, 5.41) is 27.9. The van der Waals surface area contributed by atoms with Crippen LogP contribution >= 0.6 is 0 Å². The van der Waals surface area contributed by atoms with Crippen LogP contribution in [0.5, 0.6) is 0 Å². The van der Waals surface area contributed by atoms with Crippen molar-refractivity contribution >= 4 is 17.3 Å². The number of carbonyl (C=O) groups excluding carboxylic acids is 1.